The van der Waals surface area contributed by atoms with Crippen molar-refractivity contribution in [1.82, 2.24) is 0 Å². The second kappa shape index (κ2) is 5.09. The standard InChI is InChI=1S/C10H9FO4/c11-8(9(12)13)10(14)15-6-7-4-2-1-3-5-7/h1-5,8H,6H2,(H,12,13)/p-1/t8-/m1/s1. The lowest BCUT2D eigenvalue weighted by molar-refractivity contribution is -0.311. The number of hydrogen-bond acceptors (Lipinski definition) is 4. The van der Waals surface area contributed by atoms with Crippen LogP contribution in [0.4, 0.5) is 4.39 Å². The van der Waals surface area contributed by atoms with Crippen molar-refractivity contribution >= 4 is 11.9 Å². The monoisotopic (exact) mass is 211 g/mol. The van der Waals surface area contributed by atoms with Crippen molar-refractivity contribution in [3.05, 3.63) is 35.9 Å². The Labute approximate surface area is 85.3 Å². The van der Waals surface area contributed by atoms with Crippen LogP contribution in [0.1, 0.15) is 5.56 Å². The Kier molecular flexibility index (Phi) is 3.79. The molecular weight excluding hydrogens is 203 g/mol. The van der Waals surface area contributed by atoms with E-state index in [2.05, 4.69) is 4.74 Å². The fourth-order valence-corrected chi connectivity index (χ4v) is 0.898. The quantitative estimate of drug-likeness (QED) is 0.511. The van der Waals surface area contributed by atoms with Crippen LogP contribution in [0.15, 0.2) is 30.3 Å². The van der Waals surface area contributed by atoms with Gasteiger partial charge in [0.05, 0.1) is 5.97 Å². The summed E-state index contributed by atoms with van der Waals surface area (Å²) in [7, 11) is 0. The average Bonchev–Trinajstić information content (AvgIpc) is 2.26. The van der Waals surface area contributed by atoms with Gasteiger partial charge in [-0.2, -0.15) is 0 Å². The van der Waals surface area contributed by atoms with Crippen LogP contribution >= 0.6 is 0 Å². The highest BCUT2D eigenvalue weighted by Crippen LogP contribution is 2.02. The summed E-state index contributed by atoms with van der Waals surface area (Å²) in [6.45, 7) is -0.159. The van der Waals surface area contributed by atoms with Gasteiger partial charge in [0.1, 0.15) is 6.61 Å². The maximum absolute atomic E-state index is 12.5. The van der Waals surface area contributed by atoms with E-state index < -0.39 is 18.1 Å². The van der Waals surface area contributed by atoms with E-state index in [1.54, 1.807) is 30.3 Å². The minimum atomic E-state index is -2.73. The maximum atomic E-state index is 12.5. The van der Waals surface area contributed by atoms with E-state index in [1.165, 1.54) is 0 Å². The van der Waals surface area contributed by atoms with Crippen molar-refractivity contribution < 1.29 is 23.8 Å². The first kappa shape index (κ1) is 11.2. The summed E-state index contributed by atoms with van der Waals surface area (Å²) >= 11 is 0. The lowest BCUT2D eigenvalue weighted by Gasteiger charge is -2.09. The highest BCUT2D eigenvalue weighted by molar-refractivity contribution is 5.95. The zero-order valence-electron chi connectivity index (χ0n) is 7.68. The summed E-state index contributed by atoms with van der Waals surface area (Å²) in [4.78, 5) is 20.7. The van der Waals surface area contributed by atoms with Crippen molar-refractivity contribution in [2.24, 2.45) is 0 Å². The van der Waals surface area contributed by atoms with E-state index in [-0.39, 0.29) is 6.61 Å². The van der Waals surface area contributed by atoms with Gasteiger partial charge in [0, 0.05) is 0 Å². The van der Waals surface area contributed by atoms with Crippen molar-refractivity contribution in [3.8, 4) is 0 Å². The van der Waals surface area contributed by atoms with Crippen molar-refractivity contribution in [2.45, 2.75) is 12.8 Å². The van der Waals surface area contributed by atoms with Crippen LogP contribution in [0, 0.1) is 0 Å². The molecule has 0 spiro atoms. The smallest absolute Gasteiger partial charge is 0.347 e. The molecule has 0 aliphatic carbocycles. The van der Waals surface area contributed by atoms with E-state index in [0.29, 0.717) is 5.56 Å². The molecule has 0 heterocycles. The van der Waals surface area contributed by atoms with Crippen LogP contribution in [0.25, 0.3) is 0 Å². The molecule has 0 aromatic heterocycles. The molecule has 0 aliphatic heterocycles. The van der Waals surface area contributed by atoms with Crippen LogP contribution in [-0.4, -0.2) is 18.1 Å². The molecule has 1 aromatic carbocycles. The third-order valence-corrected chi connectivity index (χ3v) is 1.64. The number of ether oxygens (including phenoxy) is 1. The average molecular weight is 211 g/mol. The first-order valence-electron chi connectivity index (χ1n) is 4.16. The molecule has 0 fully saturated rings. The minimum absolute atomic E-state index is 0.159. The molecular formula is C10H8FO4-. The van der Waals surface area contributed by atoms with Gasteiger partial charge in [-0.05, 0) is 5.56 Å². The molecule has 0 saturated carbocycles. The number of hydrogen-bond donors (Lipinski definition) is 0. The predicted molar refractivity (Wildman–Crippen MR) is 46.1 cm³/mol. The van der Waals surface area contributed by atoms with Crippen molar-refractivity contribution in [3.63, 3.8) is 0 Å². The van der Waals surface area contributed by atoms with Crippen LogP contribution in [0.3, 0.4) is 0 Å². The molecule has 0 amide bonds. The van der Waals surface area contributed by atoms with Crippen LogP contribution < -0.4 is 5.11 Å². The molecule has 0 N–H and O–H groups in total. The van der Waals surface area contributed by atoms with Gasteiger partial charge >= 0.3 is 5.97 Å². The fraction of sp³-hybridized carbons (Fsp3) is 0.200. The van der Waals surface area contributed by atoms with Gasteiger partial charge in [0.15, 0.2) is 0 Å². The number of aliphatic carboxylic acids is 1. The third kappa shape index (κ3) is 3.38. The molecule has 0 unspecified atom stereocenters. The normalized spacial score (nSPS) is 11.8. The molecule has 0 aliphatic rings. The Morgan fingerprint density at radius 3 is 2.47 bits per heavy atom. The van der Waals surface area contributed by atoms with Crippen molar-refractivity contribution in [1.29, 1.82) is 0 Å². The van der Waals surface area contributed by atoms with Crippen LogP contribution in [0.5, 0.6) is 0 Å². The number of halogens is 1. The molecule has 80 valence electrons. The summed E-state index contributed by atoms with van der Waals surface area (Å²) < 4.78 is 16.9. The summed E-state index contributed by atoms with van der Waals surface area (Å²) in [5, 5.41) is 9.97. The second-order valence-corrected chi connectivity index (χ2v) is 2.77. The van der Waals surface area contributed by atoms with Crippen molar-refractivity contribution in [2.75, 3.05) is 0 Å². The lowest BCUT2D eigenvalue weighted by atomic mass is 10.2. The number of carboxylic acids is 1. The number of alkyl halides is 1. The third-order valence-electron chi connectivity index (χ3n) is 1.64. The minimum Gasteiger partial charge on any atom is -0.546 e. The van der Waals surface area contributed by atoms with E-state index in [1.807, 2.05) is 0 Å². The van der Waals surface area contributed by atoms with Gasteiger partial charge in [-0.3, -0.25) is 0 Å². The first-order chi connectivity index (χ1) is 7.11. The van der Waals surface area contributed by atoms with Gasteiger partial charge in [-0.25, -0.2) is 9.18 Å². The maximum Gasteiger partial charge on any atom is 0.347 e. The number of carboxylic acid groups (broad SMARTS) is 1. The van der Waals surface area contributed by atoms with E-state index in [0.717, 1.165) is 0 Å². The summed E-state index contributed by atoms with van der Waals surface area (Å²) in [6, 6.07) is 8.53. The number of esters is 1. The number of carbonyl (C=O) groups is 2. The molecule has 0 radical (unpaired) electrons. The Hall–Kier alpha value is -1.91. The van der Waals surface area contributed by atoms with E-state index in [9.17, 15) is 19.1 Å². The SMILES string of the molecule is O=C([O-])[C@@H](F)C(=O)OCc1ccccc1. The highest BCUT2D eigenvalue weighted by atomic mass is 19.1. The lowest BCUT2D eigenvalue weighted by Crippen LogP contribution is -2.38. The zero-order valence-corrected chi connectivity index (χ0v) is 7.68. The van der Waals surface area contributed by atoms with Gasteiger partial charge in [0.25, 0.3) is 0 Å². The van der Waals surface area contributed by atoms with Crippen LogP contribution in [0.2, 0.25) is 0 Å². The summed E-state index contributed by atoms with van der Waals surface area (Å²) in [5.41, 5.74) is 0.649. The molecule has 0 bridgehead atoms. The Morgan fingerprint density at radius 1 is 1.33 bits per heavy atom. The fourth-order valence-electron chi connectivity index (χ4n) is 0.898. The Balaban J connectivity index is 2.44. The molecule has 5 heteroatoms. The summed E-state index contributed by atoms with van der Waals surface area (Å²) in [6.07, 6.45) is -2.73. The van der Waals surface area contributed by atoms with Gasteiger partial charge in [0.2, 0.25) is 6.17 Å². The topological polar surface area (TPSA) is 66.4 Å². The summed E-state index contributed by atoms with van der Waals surface area (Å²) in [5.74, 6) is -3.54. The molecule has 0 saturated heterocycles. The Morgan fingerprint density at radius 2 is 1.93 bits per heavy atom. The van der Waals surface area contributed by atoms with Gasteiger partial charge in [-0.15, -0.1) is 0 Å². The first-order valence-corrected chi connectivity index (χ1v) is 4.16. The molecule has 15 heavy (non-hydrogen) atoms. The number of rotatable bonds is 4. The molecule has 1 atom stereocenters. The molecule has 4 nitrogen and oxygen atoms in total. The van der Waals surface area contributed by atoms with E-state index in [4.69, 9.17) is 0 Å². The highest BCUT2D eigenvalue weighted by Gasteiger charge is 2.19. The largest absolute Gasteiger partial charge is 0.546 e. The van der Waals surface area contributed by atoms with Gasteiger partial charge in [-0.1, -0.05) is 30.3 Å². The zero-order chi connectivity index (χ0) is 11.3. The van der Waals surface area contributed by atoms with Crippen LogP contribution in [-0.2, 0) is 20.9 Å². The number of carbonyl (C=O) groups excluding carboxylic acids is 2. The predicted octanol–water partition coefficient (Wildman–Crippen LogP) is -0.182. The van der Waals surface area contributed by atoms with Gasteiger partial charge < -0.3 is 14.6 Å². The molecule has 1 rings (SSSR count). The Bertz CT molecular complexity index is 350. The molecule has 1 aromatic rings. The second-order valence-electron chi connectivity index (χ2n) is 2.77. The number of benzene rings is 1. The van der Waals surface area contributed by atoms with E-state index >= 15 is 0 Å².